The number of nitrogens with two attached hydrogens (primary N) is 1. The lowest BCUT2D eigenvalue weighted by Gasteiger charge is -2.07. The summed E-state index contributed by atoms with van der Waals surface area (Å²) >= 11 is 5.82. The predicted molar refractivity (Wildman–Crippen MR) is 67.6 cm³/mol. The molecule has 1 aromatic carbocycles. The van der Waals surface area contributed by atoms with Crippen LogP contribution in [0.3, 0.4) is 0 Å². The Morgan fingerprint density at radius 3 is 2.94 bits per heavy atom. The number of rotatable bonds is 2. The van der Waals surface area contributed by atoms with E-state index in [1.807, 2.05) is 0 Å². The highest BCUT2D eigenvalue weighted by Crippen LogP contribution is 2.30. The third kappa shape index (κ3) is 1.82. The standard InChI is InChI=1S/C11H8ClN5O/c12-6-1-2-8(7(13)3-6)18-11-9-10(15-4-14-9)16-5-17-11/h1-5H,13H2,(H,14,15,16,17). The number of aromatic amines is 1. The van der Waals surface area contributed by atoms with Gasteiger partial charge >= 0.3 is 0 Å². The maximum absolute atomic E-state index is 5.82. The van der Waals surface area contributed by atoms with Gasteiger partial charge in [0.25, 0.3) is 0 Å². The average Bonchev–Trinajstić information content (AvgIpc) is 2.82. The number of anilines is 1. The summed E-state index contributed by atoms with van der Waals surface area (Å²) in [5.74, 6) is 0.848. The number of fused-ring (bicyclic) bond motifs is 1. The van der Waals surface area contributed by atoms with Crippen LogP contribution >= 0.6 is 11.6 Å². The second-order valence-electron chi connectivity index (χ2n) is 3.56. The van der Waals surface area contributed by atoms with E-state index in [0.29, 0.717) is 33.5 Å². The molecule has 0 aliphatic rings. The Kier molecular flexibility index (Phi) is 2.49. The molecular weight excluding hydrogens is 254 g/mol. The van der Waals surface area contributed by atoms with Crippen LogP contribution in [0.25, 0.3) is 11.2 Å². The molecule has 0 saturated heterocycles. The van der Waals surface area contributed by atoms with Crippen molar-refractivity contribution in [3.8, 4) is 11.6 Å². The molecule has 0 fully saturated rings. The first-order valence-corrected chi connectivity index (χ1v) is 5.49. The zero-order valence-electron chi connectivity index (χ0n) is 9.09. The Hall–Kier alpha value is -2.34. The van der Waals surface area contributed by atoms with Crippen molar-refractivity contribution in [2.75, 3.05) is 5.73 Å². The van der Waals surface area contributed by atoms with Gasteiger partial charge in [0.05, 0.1) is 12.0 Å². The van der Waals surface area contributed by atoms with Crippen LogP contribution in [0.5, 0.6) is 11.6 Å². The molecule has 0 bridgehead atoms. The lowest BCUT2D eigenvalue weighted by Crippen LogP contribution is -1.95. The normalized spacial score (nSPS) is 10.7. The fourth-order valence-corrected chi connectivity index (χ4v) is 1.72. The topological polar surface area (TPSA) is 89.7 Å². The number of aromatic nitrogens is 4. The van der Waals surface area contributed by atoms with E-state index in [9.17, 15) is 0 Å². The summed E-state index contributed by atoms with van der Waals surface area (Å²) in [6.07, 6.45) is 2.90. The molecule has 0 unspecified atom stereocenters. The average molecular weight is 262 g/mol. The summed E-state index contributed by atoms with van der Waals surface area (Å²) < 4.78 is 5.63. The summed E-state index contributed by atoms with van der Waals surface area (Å²) in [4.78, 5) is 15.0. The fraction of sp³-hybridized carbons (Fsp3) is 0. The van der Waals surface area contributed by atoms with Gasteiger partial charge in [0.15, 0.2) is 11.4 Å². The van der Waals surface area contributed by atoms with Crippen LogP contribution in [0.4, 0.5) is 5.69 Å². The van der Waals surface area contributed by atoms with Crippen molar-refractivity contribution in [2.45, 2.75) is 0 Å². The van der Waals surface area contributed by atoms with Crippen molar-refractivity contribution in [2.24, 2.45) is 0 Å². The number of nitrogen functional groups attached to an aromatic ring is 1. The Balaban J connectivity index is 2.03. The molecule has 3 N–H and O–H groups in total. The van der Waals surface area contributed by atoms with Crippen LogP contribution in [-0.4, -0.2) is 19.9 Å². The molecule has 0 spiro atoms. The van der Waals surface area contributed by atoms with E-state index in [1.54, 1.807) is 18.2 Å². The monoisotopic (exact) mass is 261 g/mol. The van der Waals surface area contributed by atoms with Crippen LogP contribution in [0, 0.1) is 0 Å². The highest BCUT2D eigenvalue weighted by atomic mass is 35.5. The number of ether oxygens (including phenoxy) is 1. The summed E-state index contributed by atoms with van der Waals surface area (Å²) in [7, 11) is 0. The Bertz CT molecular complexity index is 711. The van der Waals surface area contributed by atoms with Gasteiger partial charge in [0.2, 0.25) is 5.88 Å². The fourth-order valence-electron chi connectivity index (χ4n) is 1.54. The van der Waals surface area contributed by atoms with Crippen LogP contribution in [-0.2, 0) is 0 Å². The van der Waals surface area contributed by atoms with Gasteiger partial charge in [-0.05, 0) is 18.2 Å². The first-order chi connectivity index (χ1) is 8.74. The third-order valence-electron chi connectivity index (χ3n) is 2.37. The Labute approximate surface area is 107 Å². The van der Waals surface area contributed by atoms with Crippen molar-refractivity contribution in [3.05, 3.63) is 35.9 Å². The van der Waals surface area contributed by atoms with Crippen molar-refractivity contribution in [1.82, 2.24) is 19.9 Å². The van der Waals surface area contributed by atoms with Crippen molar-refractivity contribution in [3.63, 3.8) is 0 Å². The summed E-state index contributed by atoms with van der Waals surface area (Å²) in [5.41, 5.74) is 7.40. The van der Waals surface area contributed by atoms with E-state index >= 15 is 0 Å². The highest BCUT2D eigenvalue weighted by Gasteiger charge is 2.09. The molecule has 7 heteroatoms. The minimum Gasteiger partial charge on any atom is -0.435 e. The van der Waals surface area contributed by atoms with Gasteiger partial charge in [-0.3, -0.25) is 0 Å². The van der Waals surface area contributed by atoms with E-state index in [1.165, 1.54) is 12.7 Å². The smallest absolute Gasteiger partial charge is 0.248 e. The summed E-state index contributed by atoms with van der Waals surface area (Å²) in [6.45, 7) is 0. The SMILES string of the molecule is Nc1cc(Cl)ccc1Oc1ncnc2nc[nH]c12. The van der Waals surface area contributed by atoms with E-state index in [-0.39, 0.29) is 0 Å². The molecule has 0 radical (unpaired) electrons. The summed E-state index contributed by atoms with van der Waals surface area (Å²) in [6, 6.07) is 4.99. The van der Waals surface area contributed by atoms with Crippen LogP contribution in [0.15, 0.2) is 30.9 Å². The minimum absolute atomic E-state index is 0.367. The van der Waals surface area contributed by atoms with Gasteiger partial charge in [0, 0.05) is 5.02 Å². The van der Waals surface area contributed by atoms with Gasteiger partial charge in [0.1, 0.15) is 11.8 Å². The molecule has 0 atom stereocenters. The number of nitrogens with one attached hydrogen (secondary N) is 1. The number of benzene rings is 1. The molecule has 0 saturated carbocycles. The zero-order valence-corrected chi connectivity index (χ0v) is 9.85. The largest absolute Gasteiger partial charge is 0.435 e. The van der Waals surface area contributed by atoms with Crippen LogP contribution in [0.1, 0.15) is 0 Å². The molecule has 3 rings (SSSR count). The van der Waals surface area contributed by atoms with Crippen molar-refractivity contribution >= 4 is 28.5 Å². The molecule has 2 aromatic heterocycles. The molecule has 18 heavy (non-hydrogen) atoms. The second kappa shape index (κ2) is 4.15. The lowest BCUT2D eigenvalue weighted by molar-refractivity contribution is 0.469. The third-order valence-corrected chi connectivity index (χ3v) is 2.60. The highest BCUT2D eigenvalue weighted by molar-refractivity contribution is 6.30. The molecular formula is C11H8ClN5O. The summed E-state index contributed by atoms with van der Waals surface area (Å²) in [5, 5.41) is 0.550. The van der Waals surface area contributed by atoms with Crippen LogP contribution in [0.2, 0.25) is 5.02 Å². The first kappa shape index (κ1) is 10.8. The predicted octanol–water partition coefficient (Wildman–Crippen LogP) is 2.38. The van der Waals surface area contributed by atoms with Crippen LogP contribution < -0.4 is 10.5 Å². The Morgan fingerprint density at radius 1 is 1.22 bits per heavy atom. The van der Waals surface area contributed by atoms with Gasteiger partial charge in [-0.25, -0.2) is 9.97 Å². The zero-order chi connectivity index (χ0) is 12.5. The van der Waals surface area contributed by atoms with E-state index in [0.717, 1.165) is 0 Å². The second-order valence-corrected chi connectivity index (χ2v) is 4.00. The van der Waals surface area contributed by atoms with Gasteiger partial charge < -0.3 is 15.5 Å². The molecule has 90 valence electrons. The molecule has 2 heterocycles. The number of halogens is 1. The van der Waals surface area contributed by atoms with Crippen molar-refractivity contribution < 1.29 is 4.74 Å². The molecule has 0 amide bonds. The first-order valence-electron chi connectivity index (χ1n) is 5.11. The lowest BCUT2D eigenvalue weighted by atomic mass is 10.3. The number of imidazole rings is 1. The van der Waals surface area contributed by atoms with Gasteiger partial charge in [-0.2, -0.15) is 4.98 Å². The van der Waals surface area contributed by atoms with E-state index in [2.05, 4.69) is 19.9 Å². The number of hydrogen-bond donors (Lipinski definition) is 2. The number of hydrogen-bond acceptors (Lipinski definition) is 5. The van der Waals surface area contributed by atoms with E-state index < -0.39 is 0 Å². The molecule has 0 aliphatic carbocycles. The maximum Gasteiger partial charge on any atom is 0.248 e. The molecule has 0 aliphatic heterocycles. The quantitative estimate of drug-likeness (QED) is 0.691. The maximum atomic E-state index is 5.82. The minimum atomic E-state index is 0.367. The molecule has 3 aromatic rings. The molecule has 6 nitrogen and oxygen atoms in total. The number of nitrogens with zero attached hydrogens (tertiary/aromatic N) is 3. The van der Waals surface area contributed by atoms with Gasteiger partial charge in [-0.1, -0.05) is 11.6 Å². The van der Waals surface area contributed by atoms with E-state index in [4.69, 9.17) is 22.1 Å². The Morgan fingerprint density at radius 2 is 2.11 bits per heavy atom. The number of H-pyrrole nitrogens is 1. The van der Waals surface area contributed by atoms with Crippen molar-refractivity contribution in [1.29, 1.82) is 0 Å². The van der Waals surface area contributed by atoms with Gasteiger partial charge in [-0.15, -0.1) is 0 Å².